The number of hydrogen-bond donors (Lipinski definition) is 2. The van der Waals surface area contributed by atoms with Crippen molar-refractivity contribution in [1.82, 2.24) is 9.62 Å². The third-order valence-corrected chi connectivity index (χ3v) is 5.49. The molecule has 0 saturated heterocycles. The van der Waals surface area contributed by atoms with Crippen LogP contribution in [-0.2, 0) is 10.0 Å². The highest BCUT2D eigenvalue weighted by Crippen LogP contribution is 2.18. The van der Waals surface area contributed by atoms with E-state index in [2.05, 4.69) is 5.32 Å². The Morgan fingerprint density at radius 1 is 1.35 bits per heavy atom. The van der Waals surface area contributed by atoms with E-state index in [1.54, 1.807) is 39.8 Å². The van der Waals surface area contributed by atoms with E-state index in [0.29, 0.717) is 5.56 Å². The van der Waals surface area contributed by atoms with E-state index in [4.69, 9.17) is 5.73 Å². The van der Waals surface area contributed by atoms with Crippen molar-refractivity contribution in [2.75, 3.05) is 13.6 Å². The fourth-order valence-corrected chi connectivity index (χ4v) is 3.09. The average molecular weight is 364 g/mol. The monoisotopic (exact) mass is 363 g/mol. The Balaban J connectivity index is 0.00000484. The Hall–Kier alpha value is -1.15. The summed E-state index contributed by atoms with van der Waals surface area (Å²) in [5.41, 5.74) is 5.32. The molecule has 132 valence electrons. The van der Waals surface area contributed by atoms with Gasteiger partial charge in [-0.05, 0) is 45.9 Å². The molecule has 0 aliphatic rings. The molecular formula is C15H26ClN3O3S. The average Bonchev–Trinajstić information content (AvgIpc) is 2.46. The number of nitrogens with zero attached hydrogens (tertiary/aromatic N) is 1. The molecule has 0 saturated carbocycles. The summed E-state index contributed by atoms with van der Waals surface area (Å²) in [4.78, 5) is 12.3. The van der Waals surface area contributed by atoms with Crippen LogP contribution in [0.15, 0.2) is 29.2 Å². The van der Waals surface area contributed by atoms with Gasteiger partial charge in [-0.15, -0.1) is 12.4 Å². The summed E-state index contributed by atoms with van der Waals surface area (Å²) in [6.45, 7) is 7.47. The maximum absolute atomic E-state index is 12.5. The van der Waals surface area contributed by atoms with Crippen molar-refractivity contribution in [3.05, 3.63) is 29.8 Å². The number of nitrogens with one attached hydrogen (secondary N) is 1. The van der Waals surface area contributed by atoms with Crippen molar-refractivity contribution in [3.8, 4) is 0 Å². The van der Waals surface area contributed by atoms with Crippen LogP contribution in [0, 0.1) is 0 Å². The van der Waals surface area contributed by atoms with Crippen LogP contribution in [0.5, 0.6) is 0 Å². The lowest BCUT2D eigenvalue weighted by Crippen LogP contribution is -2.48. The Morgan fingerprint density at radius 3 is 2.39 bits per heavy atom. The summed E-state index contributed by atoms with van der Waals surface area (Å²) in [6, 6.07) is 5.84. The van der Waals surface area contributed by atoms with Gasteiger partial charge in [0.25, 0.3) is 5.91 Å². The molecule has 1 rings (SSSR count). The first-order chi connectivity index (χ1) is 10.0. The van der Waals surface area contributed by atoms with Crippen LogP contribution in [0.4, 0.5) is 0 Å². The van der Waals surface area contributed by atoms with Crippen molar-refractivity contribution in [1.29, 1.82) is 0 Å². The third-order valence-electron chi connectivity index (χ3n) is 3.46. The summed E-state index contributed by atoms with van der Waals surface area (Å²) in [5, 5.41) is 2.78. The van der Waals surface area contributed by atoms with Gasteiger partial charge in [0.05, 0.1) is 4.90 Å². The van der Waals surface area contributed by atoms with Crippen LogP contribution in [-0.4, -0.2) is 43.8 Å². The molecule has 1 amide bonds. The molecule has 3 N–H and O–H groups in total. The van der Waals surface area contributed by atoms with E-state index in [0.717, 1.165) is 0 Å². The van der Waals surface area contributed by atoms with E-state index < -0.39 is 15.6 Å². The van der Waals surface area contributed by atoms with Gasteiger partial charge in [0.2, 0.25) is 10.0 Å². The molecular weight excluding hydrogens is 338 g/mol. The van der Waals surface area contributed by atoms with Gasteiger partial charge in [0.1, 0.15) is 0 Å². The Kier molecular flexibility index (Phi) is 7.69. The fraction of sp³-hybridized carbons (Fsp3) is 0.533. The van der Waals surface area contributed by atoms with Crippen molar-refractivity contribution < 1.29 is 13.2 Å². The van der Waals surface area contributed by atoms with Crippen LogP contribution in [0.25, 0.3) is 0 Å². The van der Waals surface area contributed by atoms with Gasteiger partial charge in [0, 0.05) is 30.7 Å². The largest absolute Gasteiger partial charge is 0.346 e. The van der Waals surface area contributed by atoms with E-state index in [1.807, 2.05) is 0 Å². The first-order valence-corrected chi connectivity index (χ1v) is 8.56. The summed E-state index contributed by atoms with van der Waals surface area (Å²) in [5.74, 6) is -0.347. The molecule has 6 nitrogen and oxygen atoms in total. The van der Waals surface area contributed by atoms with Crippen molar-refractivity contribution >= 4 is 28.3 Å². The molecule has 0 aromatic heterocycles. The number of carbonyl (C=O) groups excluding carboxylic acids is 1. The molecule has 0 unspecified atom stereocenters. The molecule has 0 radical (unpaired) electrons. The lowest BCUT2D eigenvalue weighted by Gasteiger charge is -2.24. The van der Waals surface area contributed by atoms with Crippen LogP contribution >= 0.6 is 12.4 Å². The van der Waals surface area contributed by atoms with Gasteiger partial charge in [-0.3, -0.25) is 4.79 Å². The standard InChI is InChI=1S/C15H25N3O3S.ClH/c1-11(2)18(5)22(20,21)13-8-6-7-12(9-13)14(19)17-15(3,4)10-16;/h6-9,11H,10,16H2,1-5H3,(H,17,19);1H. The SMILES string of the molecule is CC(C)N(C)S(=O)(=O)c1cccc(C(=O)NC(C)(C)CN)c1.Cl. The number of hydrogen-bond acceptors (Lipinski definition) is 4. The zero-order chi connectivity index (χ0) is 17.1. The molecule has 0 atom stereocenters. The highest BCUT2D eigenvalue weighted by Gasteiger charge is 2.25. The second kappa shape index (κ2) is 8.10. The highest BCUT2D eigenvalue weighted by molar-refractivity contribution is 7.89. The molecule has 0 heterocycles. The lowest BCUT2D eigenvalue weighted by molar-refractivity contribution is 0.0915. The maximum Gasteiger partial charge on any atom is 0.251 e. The Bertz CT molecular complexity index is 645. The fourth-order valence-electron chi connectivity index (χ4n) is 1.67. The number of carbonyl (C=O) groups is 1. The smallest absolute Gasteiger partial charge is 0.251 e. The van der Waals surface area contributed by atoms with Crippen LogP contribution < -0.4 is 11.1 Å². The molecule has 23 heavy (non-hydrogen) atoms. The molecule has 0 aliphatic carbocycles. The van der Waals surface area contributed by atoms with Crippen LogP contribution in [0.2, 0.25) is 0 Å². The van der Waals surface area contributed by atoms with E-state index in [1.165, 1.54) is 23.5 Å². The molecule has 0 fully saturated rings. The van der Waals surface area contributed by atoms with Gasteiger partial charge in [-0.25, -0.2) is 8.42 Å². The Labute approximate surface area is 144 Å². The second-order valence-corrected chi connectivity index (χ2v) is 8.18. The quantitative estimate of drug-likeness (QED) is 0.802. The predicted molar refractivity (Wildman–Crippen MR) is 94.4 cm³/mol. The molecule has 1 aromatic carbocycles. The van der Waals surface area contributed by atoms with Crippen molar-refractivity contribution in [2.24, 2.45) is 5.73 Å². The highest BCUT2D eigenvalue weighted by atomic mass is 35.5. The number of amides is 1. The number of halogens is 1. The maximum atomic E-state index is 12.5. The molecule has 1 aromatic rings. The van der Waals surface area contributed by atoms with Gasteiger partial charge in [-0.2, -0.15) is 4.31 Å². The molecule has 0 bridgehead atoms. The van der Waals surface area contributed by atoms with Crippen LogP contribution in [0.3, 0.4) is 0 Å². The summed E-state index contributed by atoms with van der Waals surface area (Å²) in [7, 11) is -2.10. The predicted octanol–water partition coefficient (Wildman–Crippen LogP) is 1.60. The van der Waals surface area contributed by atoms with Gasteiger partial charge >= 0.3 is 0 Å². The second-order valence-electron chi connectivity index (χ2n) is 6.18. The zero-order valence-electron chi connectivity index (χ0n) is 14.2. The van der Waals surface area contributed by atoms with Gasteiger partial charge in [-0.1, -0.05) is 6.07 Å². The summed E-state index contributed by atoms with van der Waals surface area (Å²) in [6.07, 6.45) is 0. The number of rotatable bonds is 6. The van der Waals surface area contributed by atoms with E-state index in [-0.39, 0.29) is 35.8 Å². The van der Waals surface area contributed by atoms with Crippen molar-refractivity contribution in [2.45, 2.75) is 44.2 Å². The summed E-state index contributed by atoms with van der Waals surface area (Å²) >= 11 is 0. The minimum absolute atomic E-state index is 0. The van der Waals surface area contributed by atoms with Crippen molar-refractivity contribution in [3.63, 3.8) is 0 Å². The first-order valence-electron chi connectivity index (χ1n) is 7.12. The number of sulfonamides is 1. The number of benzene rings is 1. The van der Waals surface area contributed by atoms with E-state index >= 15 is 0 Å². The van der Waals surface area contributed by atoms with Gasteiger partial charge in [0.15, 0.2) is 0 Å². The topological polar surface area (TPSA) is 92.5 Å². The lowest BCUT2D eigenvalue weighted by atomic mass is 10.1. The van der Waals surface area contributed by atoms with Crippen LogP contribution in [0.1, 0.15) is 38.1 Å². The third kappa shape index (κ3) is 5.46. The molecule has 0 spiro atoms. The minimum Gasteiger partial charge on any atom is -0.346 e. The zero-order valence-corrected chi connectivity index (χ0v) is 15.8. The normalized spacial score (nSPS) is 12.2. The summed E-state index contributed by atoms with van der Waals surface area (Å²) < 4.78 is 26.2. The number of nitrogens with two attached hydrogens (primary N) is 1. The minimum atomic E-state index is -3.61. The first kappa shape index (κ1) is 21.9. The van der Waals surface area contributed by atoms with Gasteiger partial charge < -0.3 is 11.1 Å². The van der Waals surface area contributed by atoms with E-state index in [9.17, 15) is 13.2 Å². The Morgan fingerprint density at radius 2 is 1.91 bits per heavy atom. The molecule has 0 aliphatic heterocycles. The molecule has 8 heteroatoms.